The first-order valence-electron chi connectivity index (χ1n) is 7.58. The summed E-state index contributed by atoms with van der Waals surface area (Å²) in [6, 6.07) is 13.6. The number of benzene rings is 2. The second-order valence-corrected chi connectivity index (χ2v) is 6.74. The summed E-state index contributed by atoms with van der Waals surface area (Å²) in [7, 11) is 0. The van der Waals surface area contributed by atoms with Crippen LogP contribution >= 0.6 is 11.8 Å². The number of nitro benzene ring substituents is 1. The molecule has 0 saturated heterocycles. The Hall–Kier alpha value is -2.18. The Labute approximate surface area is 144 Å². The highest BCUT2D eigenvalue weighted by molar-refractivity contribution is 7.99. The van der Waals surface area contributed by atoms with E-state index >= 15 is 0 Å². The smallest absolute Gasteiger partial charge is 0.269 e. The highest BCUT2D eigenvalue weighted by atomic mass is 32.2. The molecule has 0 saturated carbocycles. The van der Waals surface area contributed by atoms with Crippen molar-refractivity contribution in [2.75, 3.05) is 12.4 Å². The minimum absolute atomic E-state index is 0.0174. The number of non-ortho nitro benzene ring substituents is 1. The lowest BCUT2D eigenvalue weighted by atomic mass is 10.0. The maximum absolute atomic E-state index is 12.5. The van der Waals surface area contributed by atoms with E-state index < -0.39 is 4.92 Å². The number of ketones is 1. The number of nitro groups is 1. The third kappa shape index (κ3) is 4.91. The highest BCUT2D eigenvalue weighted by Gasteiger charge is 2.18. The third-order valence-electron chi connectivity index (χ3n) is 3.63. The minimum Gasteiger partial charge on any atom is -0.396 e. The van der Waals surface area contributed by atoms with E-state index in [1.54, 1.807) is 24.3 Å². The van der Waals surface area contributed by atoms with Crippen LogP contribution in [0.15, 0.2) is 48.5 Å². The topological polar surface area (TPSA) is 80.4 Å². The number of hydrogen-bond donors (Lipinski definition) is 1. The predicted octanol–water partition coefficient (Wildman–Crippen LogP) is 3.94. The Kier molecular flexibility index (Phi) is 6.52. The van der Waals surface area contributed by atoms with Gasteiger partial charge in [-0.2, -0.15) is 11.8 Å². The molecule has 2 rings (SSSR count). The maximum Gasteiger partial charge on any atom is 0.269 e. The lowest BCUT2D eigenvalue weighted by Crippen LogP contribution is -2.07. The number of carbonyl (C=O) groups is 1. The van der Waals surface area contributed by atoms with Gasteiger partial charge in [0, 0.05) is 35.1 Å². The monoisotopic (exact) mass is 345 g/mol. The maximum atomic E-state index is 12.5. The number of nitrogens with zero attached hydrogens (tertiary/aromatic N) is 1. The molecule has 24 heavy (non-hydrogen) atoms. The van der Waals surface area contributed by atoms with Crippen molar-refractivity contribution in [2.45, 2.75) is 18.6 Å². The van der Waals surface area contributed by atoms with Crippen LogP contribution in [0.25, 0.3) is 0 Å². The molecule has 5 nitrogen and oxygen atoms in total. The van der Waals surface area contributed by atoms with Crippen molar-refractivity contribution < 1.29 is 14.8 Å². The first-order valence-corrected chi connectivity index (χ1v) is 8.63. The van der Waals surface area contributed by atoms with Gasteiger partial charge in [0.05, 0.1) is 11.5 Å². The number of aliphatic hydroxyl groups excluding tert-OH is 1. The fourth-order valence-electron chi connectivity index (χ4n) is 2.30. The van der Waals surface area contributed by atoms with E-state index in [1.165, 1.54) is 23.9 Å². The van der Waals surface area contributed by atoms with Gasteiger partial charge in [0.25, 0.3) is 5.69 Å². The van der Waals surface area contributed by atoms with E-state index in [1.807, 2.05) is 19.1 Å². The van der Waals surface area contributed by atoms with Crippen LogP contribution in [-0.4, -0.2) is 28.2 Å². The van der Waals surface area contributed by atoms with Crippen molar-refractivity contribution in [2.24, 2.45) is 0 Å². The summed E-state index contributed by atoms with van der Waals surface area (Å²) in [4.78, 5) is 22.8. The van der Waals surface area contributed by atoms with Gasteiger partial charge in [-0.1, -0.05) is 42.0 Å². The molecule has 0 spiro atoms. The third-order valence-corrected chi connectivity index (χ3v) is 4.89. The van der Waals surface area contributed by atoms with Crippen molar-refractivity contribution in [1.29, 1.82) is 0 Å². The largest absolute Gasteiger partial charge is 0.396 e. The number of aliphatic hydroxyl groups is 1. The van der Waals surface area contributed by atoms with Crippen LogP contribution in [0.2, 0.25) is 0 Å². The average Bonchev–Trinajstić information content (AvgIpc) is 2.59. The SMILES string of the molecule is Cc1ccc(C(=O)C[C@H](SCCO)c2ccc([N+](=O)[O-])cc2)cc1. The normalized spacial score (nSPS) is 11.9. The zero-order valence-electron chi connectivity index (χ0n) is 13.3. The van der Waals surface area contributed by atoms with Gasteiger partial charge >= 0.3 is 0 Å². The molecular formula is C18H19NO4S. The van der Waals surface area contributed by atoms with E-state index in [0.29, 0.717) is 11.3 Å². The Morgan fingerprint density at radius 1 is 1.17 bits per heavy atom. The molecule has 0 amide bonds. The number of hydrogen-bond acceptors (Lipinski definition) is 5. The van der Waals surface area contributed by atoms with E-state index in [9.17, 15) is 14.9 Å². The Balaban J connectivity index is 2.16. The van der Waals surface area contributed by atoms with Crippen molar-refractivity contribution in [1.82, 2.24) is 0 Å². The molecule has 126 valence electrons. The standard InChI is InChI=1S/C18H19NO4S/c1-13-2-4-14(5-3-13)17(21)12-18(24-11-10-20)15-6-8-16(9-7-15)19(22)23/h2-9,18,20H,10-12H2,1H3/t18-/m0/s1. The minimum atomic E-state index is -0.447. The summed E-state index contributed by atoms with van der Waals surface area (Å²) in [5, 5.41) is 19.7. The molecule has 1 N–H and O–H groups in total. The Bertz CT molecular complexity index is 698. The van der Waals surface area contributed by atoms with Crippen molar-refractivity contribution in [3.8, 4) is 0 Å². The van der Waals surface area contributed by atoms with E-state index in [0.717, 1.165) is 11.1 Å². The Morgan fingerprint density at radius 3 is 2.33 bits per heavy atom. The summed E-state index contributed by atoms with van der Waals surface area (Å²) in [5.41, 5.74) is 2.61. The van der Waals surface area contributed by atoms with Gasteiger partial charge in [0.1, 0.15) is 0 Å². The van der Waals surface area contributed by atoms with Crippen LogP contribution in [0, 0.1) is 17.0 Å². The summed E-state index contributed by atoms with van der Waals surface area (Å²) in [6.45, 7) is 1.98. The summed E-state index contributed by atoms with van der Waals surface area (Å²) in [6.07, 6.45) is 0.283. The fourth-order valence-corrected chi connectivity index (χ4v) is 3.31. The molecular weight excluding hydrogens is 326 g/mol. The van der Waals surface area contributed by atoms with E-state index in [4.69, 9.17) is 5.11 Å². The second-order valence-electron chi connectivity index (χ2n) is 5.43. The van der Waals surface area contributed by atoms with E-state index in [2.05, 4.69) is 0 Å². The molecule has 1 atom stereocenters. The molecule has 2 aromatic rings. The quantitative estimate of drug-likeness (QED) is 0.445. The van der Waals surface area contributed by atoms with Gasteiger partial charge in [-0.15, -0.1) is 0 Å². The number of Topliss-reactive ketones (excluding diaryl/α,β-unsaturated/α-hetero) is 1. The highest BCUT2D eigenvalue weighted by Crippen LogP contribution is 2.34. The number of rotatable bonds is 8. The number of aryl methyl sites for hydroxylation is 1. The van der Waals surface area contributed by atoms with Crippen LogP contribution in [0.5, 0.6) is 0 Å². The van der Waals surface area contributed by atoms with Gasteiger partial charge in [-0.25, -0.2) is 0 Å². The van der Waals surface area contributed by atoms with Crippen molar-refractivity contribution in [3.05, 3.63) is 75.3 Å². The molecule has 0 heterocycles. The summed E-state index contributed by atoms with van der Waals surface area (Å²) < 4.78 is 0. The first-order chi connectivity index (χ1) is 11.5. The van der Waals surface area contributed by atoms with Gasteiger partial charge in [0.2, 0.25) is 0 Å². The molecule has 0 aliphatic rings. The number of thioether (sulfide) groups is 1. The lowest BCUT2D eigenvalue weighted by Gasteiger charge is -2.16. The van der Waals surface area contributed by atoms with Gasteiger partial charge in [-0.3, -0.25) is 14.9 Å². The fraction of sp³-hybridized carbons (Fsp3) is 0.278. The van der Waals surface area contributed by atoms with Crippen LogP contribution in [-0.2, 0) is 0 Å². The zero-order valence-corrected chi connectivity index (χ0v) is 14.2. The molecule has 6 heteroatoms. The molecule has 0 fully saturated rings. The van der Waals surface area contributed by atoms with Crippen LogP contribution in [0.4, 0.5) is 5.69 Å². The number of carbonyl (C=O) groups excluding carboxylic acids is 1. The first kappa shape index (κ1) is 18.2. The molecule has 0 bridgehead atoms. The lowest BCUT2D eigenvalue weighted by molar-refractivity contribution is -0.384. The van der Waals surface area contributed by atoms with Crippen LogP contribution < -0.4 is 0 Å². The molecule has 0 unspecified atom stereocenters. The van der Waals surface area contributed by atoms with Gasteiger partial charge in [-0.05, 0) is 12.5 Å². The molecule has 0 aromatic heterocycles. The predicted molar refractivity (Wildman–Crippen MR) is 95.5 cm³/mol. The summed E-state index contributed by atoms with van der Waals surface area (Å²) in [5.74, 6) is 0.520. The second kappa shape index (κ2) is 8.61. The molecule has 0 aliphatic carbocycles. The van der Waals surface area contributed by atoms with Crippen molar-refractivity contribution in [3.63, 3.8) is 0 Å². The van der Waals surface area contributed by atoms with Crippen molar-refractivity contribution >= 4 is 23.2 Å². The van der Waals surface area contributed by atoms with E-state index in [-0.39, 0.29) is 29.7 Å². The Morgan fingerprint density at radius 2 is 1.79 bits per heavy atom. The van der Waals surface area contributed by atoms with Gasteiger partial charge in [0.15, 0.2) is 5.78 Å². The molecule has 0 aliphatic heterocycles. The average molecular weight is 345 g/mol. The molecule has 2 aromatic carbocycles. The zero-order chi connectivity index (χ0) is 17.5. The van der Waals surface area contributed by atoms with Crippen LogP contribution in [0.1, 0.15) is 33.2 Å². The molecule has 0 radical (unpaired) electrons. The summed E-state index contributed by atoms with van der Waals surface area (Å²) >= 11 is 1.47. The van der Waals surface area contributed by atoms with Gasteiger partial charge < -0.3 is 5.11 Å². The van der Waals surface area contributed by atoms with Crippen LogP contribution in [0.3, 0.4) is 0 Å².